The second-order valence-electron chi connectivity index (χ2n) is 5.29. The van der Waals surface area contributed by atoms with Crippen molar-refractivity contribution in [3.8, 4) is 0 Å². The van der Waals surface area contributed by atoms with Crippen LogP contribution in [0.5, 0.6) is 0 Å². The summed E-state index contributed by atoms with van der Waals surface area (Å²) in [5.41, 5.74) is 2.21. The first-order chi connectivity index (χ1) is 9.24. The molecule has 1 aromatic rings. The standard InChI is InChI=1S/C15H17BrN2O/c16-13-8-4-3-7-12(13)10-18-15(19)9-14(17-18)11-5-1-2-6-11/h3-4,7-8,11H,1-2,5-6,9-10H2. The van der Waals surface area contributed by atoms with Crippen LogP contribution in [-0.2, 0) is 11.3 Å². The zero-order valence-electron chi connectivity index (χ0n) is 10.8. The molecule has 0 unspecified atom stereocenters. The van der Waals surface area contributed by atoms with Gasteiger partial charge in [-0.2, -0.15) is 5.10 Å². The van der Waals surface area contributed by atoms with Crippen molar-refractivity contribution < 1.29 is 4.79 Å². The zero-order valence-corrected chi connectivity index (χ0v) is 12.4. The third-order valence-corrected chi connectivity index (χ3v) is 4.75. The summed E-state index contributed by atoms with van der Waals surface area (Å²) in [5, 5.41) is 6.20. The van der Waals surface area contributed by atoms with Crippen LogP contribution in [0.2, 0.25) is 0 Å². The molecule has 2 aliphatic rings. The van der Waals surface area contributed by atoms with Gasteiger partial charge in [0.2, 0.25) is 5.91 Å². The van der Waals surface area contributed by atoms with Crippen LogP contribution in [0.25, 0.3) is 0 Å². The summed E-state index contributed by atoms with van der Waals surface area (Å²) in [6.07, 6.45) is 5.49. The molecule has 0 atom stereocenters. The van der Waals surface area contributed by atoms with E-state index in [2.05, 4.69) is 21.0 Å². The average molecular weight is 321 g/mol. The number of carbonyl (C=O) groups is 1. The number of hydrogen-bond acceptors (Lipinski definition) is 2. The van der Waals surface area contributed by atoms with Gasteiger partial charge < -0.3 is 0 Å². The highest BCUT2D eigenvalue weighted by molar-refractivity contribution is 9.10. The van der Waals surface area contributed by atoms with Crippen LogP contribution in [0.3, 0.4) is 0 Å². The van der Waals surface area contributed by atoms with Crippen LogP contribution >= 0.6 is 15.9 Å². The lowest BCUT2D eigenvalue weighted by Crippen LogP contribution is -2.20. The number of nitrogens with zero attached hydrogens (tertiary/aromatic N) is 2. The molecule has 1 amide bonds. The molecule has 100 valence electrons. The second-order valence-corrected chi connectivity index (χ2v) is 6.15. The monoisotopic (exact) mass is 320 g/mol. The highest BCUT2D eigenvalue weighted by atomic mass is 79.9. The van der Waals surface area contributed by atoms with Crippen molar-refractivity contribution >= 4 is 27.5 Å². The Bertz CT molecular complexity index is 521. The van der Waals surface area contributed by atoms with Gasteiger partial charge in [-0.1, -0.05) is 47.0 Å². The first-order valence-electron chi connectivity index (χ1n) is 6.85. The largest absolute Gasteiger partial charge is 0.273 e. The number of hydrogen-bond donors (Lipinski definition) is 0. The van der Waals surface area contributed by atoms with Gasteiger partial charge in [0.05, 0.1) is 18.7 Å². The van der Waals surface area contributed by atoms with Crippen LogP contribution in [-0.4, -0.2) is 16.6 Å². The van der Waals surface area contributed by atoms with E-state index in [0.29, 0.717) is 18.9 Å². The molecule has 1 heterocycles. The number of rotatable bonds is 3. The van der Waals surface area contributed by atoms with Crippen LogP contribution in [0, 0.1) is 5.92 Å². The highest BCUT2D eigenvalue weighted by Crippen LogP contribution is 2.30. The van der Waals surface area contributed by atoms with E-state index in [-0.39, 0.29) is 5.91 Å². The van der Waals surface area contributed by atoms with Crippen molar-refractivity contribution in [1.29, 1.82) is 0 Å². The lowest BCUT2D eigenvalue weighted by Gasteiger charge is -2.13. The predicted molar refractivity (Wildman–Crippen MR) is 78.7 cm³/mol. The SMILES string of the molecule is O=C1CC(C2CCCC2)=NN1Cc1ccccc1Br. The first-order valence-corrected chi connectivity index (χ1v) is 7.64. The average Bonchev–Trinajstić information content (AvgIpc) is 3.02. The quantitative estimate of drug-likeness (QED) is 0.835. The molecule has 19 heavy (non-hydrogen) atoms. The van der Waals surface area contributed by atoms with Crippen molar-refractivity contribution in [3.05, 3.63) is 34.3 Å². The number of benzene rings is 1. The van der Waals surface area contributed by atoms with Crippen molar-refractivity contribution in [1.82, 2.24) is 5.01 Å². The molecule has 3 nitrogen and oxygen atoms in total. The van der Waals surface area contributed by atoms with E-state index in [0.717, 1.165) is 15.7 Å². The number of carbonyl (C=O) groups excluding carboxylic acids is 1. The third kappa shape index (κ3) is 2.73. The Morgan fingerprint density at radius 1 is 1.26 bits per heavy atom. The van der Waals surface area contributed by atoms with Crippen molar-refractivity contribution in [2.45, 2.75) is 38.6 Å². The summed E-state index contributed by atoms with van der Waals surface area (Å²) in [6.45, 7) is 0.566. The van der Waals surface area contributed by atoms with Crippen molar-refractivity contribution in [2.75, 3.05) is 0 Å². The molecular weight excluding hydrogens is 304 g/mol. The minimum atomic E-state index is 0.137. The molecule has 0 N–H and O–H groups in total. The maximum atomic E-state index is 12.1. The highest BCUT2D eigenvalue weighted by Gasteiger charge is 2.30. The third-order valence-electron chi connectivity index (χ3n) is 3.97. The van der Waals surface area contributed by atoms with Gasteiger partial charge in [0.15, 0.2) is 0 Å². The fourth-order valence-corrected chi connectivity index (χ4v) is 3.30. The molecule has 1 fully saturated rings. The molecule has 0 radical (unpaired) electrons. The zero-order chi connectivity index (χ0) is 13.2. The molecular formula is C15H17BrN2O. The smallest absolute Gasteiger partial charge is 0.248 e. The van der Waals surface area contributed by atoms with Crippen LogP contribution in [0.4, 0.5) is 0 Å². The Balaban J connectivity index is 1.74. The lowest BCUT2D eigenvalue weighted by atomic mass is 10.00. The van der Waals surface area contributed by atoms with E-state index in [9.17, 15) is 4.79 Å². The van der Waals surface area contributed by atoms with E-state index in [1.807, 2.05) is 24.3 Å². The van der Waals surface area contributed by atoms with Gasteiger partial charge in [-0.05, 0) is 30.4 Å². The molecule has 0 saturated heterocycles. The fourth-order valence-electron chi connectivity index (χ4n) is 2.89. The normalized spacial score (nSPS) is 20.2. The van der Waals surface area contributed by atoms with Gasteiger partial charge >= 0.3 is 0 Å². The maximum absolute atomic E-state index is 12.1. The first kappa shape index (κ1) is 12.9. The van der Waals surface area contributed by atoms with Crippen LogP contribution in [0.15, 0.2) is 33.8 Å². The second kappa shape index (κ2) is 5.45. The predicted octanol–water partition coefficient (Wildman–Crippen LogP) is 3.73. The Morgan fingerprint density at radius 2 is 2.00 bits per heavy atom. The minimum Gasteiger partial charge on any atom is -0.273 e. The lowest BCUT2D eigenvalue weighted by molar-refractivity contribution is -0.129. The maximum Gasteiger partial charge on any atom is 0.248 e. The molecule has 1 aromatic carbocycles. The van der Waals surface area contributed by atoms with Gasteiger partial charge in [-0.25, -0.2) is 5.01 Å². The summed E-state index contributed by atoms with van der Waals surface area (Å²) in [6, 6.07) is 7.99. The van der Waals surface area contributed by atoms with Crippen LogP contribution < -0.4 is 0 Å². The van der Waals surface area contributed by atoms with Gasteiger partial charge in [0, 0.05) is 4.47 Å². The van der Waals surface area contributed by atoms with E-state index in [1.165, 1.54) is 25.7 Å². The van der Waals surface area contributed by atoms with E-state index < -0.39 is 0 Å². The molecule has 3 rings (SSSR count). The van der Waals surface area contributed by atoms with Crippen molar-refractivity contribution in [2.24, 2.45) is 11.0 Å². The molecule has 4 heteroatoms. The fraction of sp³-hybridized carbons (Fsp3) is 0.467. The van der Waals surface area contributed by atoms with E-state index >= 15 is 0 Å². The molecule has 0 spiro atoms. The van der Waals surface area contributed by atoms with E-state index in [4.69, 9.17) is 0 Å². The Kier molecular flexibility index (Phi) is 3.69. The Labute approximate surface area is 121 Å². The van der Waals surface area contributed by atoms with Gasteiger partial charge in [0.25, 0.3) is 0 Å². The summed E-state index contributed by atoms with van der Waals surface area (Å²) in [7, 11) is 0. The van der Waals surface area contributed by atoms with Gasteiger partial charge in [-0.3, -0.25) is 4.79 Å². The van der Waals surface area contributed by atoms with Gasteiger partial charge in [0.1, 0.15) is 0 Å². The minimum absolute atomic E-state index is 0.137. The summed E-state index contributed by atoms with van der Waals surface area (Å²) in [5.74, 6) is 0.686. The van der Waals surface area contributed by atoms with E-state index in [1.54, 1.807) is 5.01 Å². The molecule has 0 bridgehead atoms. The topological polar surface area (TPSA) is 32.7 Å². The van der Waals surface area contributed by atoms with Crippen LogP contribution in [0.1, 0.15) is 37.7 Å². The summed E-state index contributed by atoms with van der Waals surface area (Å²) in [4.78, 5) is 12.1. The Hall–Kier alpha value is -1.16. The number of halogens is 1. The molecule has 1 saturated carbocycles. The Morgan fingerprint density at radius 3 is 2.74 bits per heavy atom. The summed E-state index contributed by atoms with van der Waals surface area (Å²) < 4.78 is 1.03. The molecule has 1 aliphatic carbocycles. The number of hydrazone groups is 1. The summed E-state index contributed by atoms with van der Waals surface area (Å²) >= 11 is 3.52. The molecule has 1 aliphatic heterocycles. The molecule has 0 aromatic heterocycles. The van der Waals surface area contributed by atoms with Crippen molar-refractivity contribution in [3.63, 3.8) is 0 Å². The number of amides is 1. The van der Waals surface area contributed by atoms with Gasteiger partial charge in [-0.15, -0.1) is 0 Å².